The van der Waals surface area contributed by atoms with Crippen LogP contribution >= 0.6 is 0 Å². The third-order valence-corrected chi connectivity index (χ3v) is 1.19. The predicted molar refractivity (Wildman–Crippen MR) is 34.0 cm³/mol. The molecule has 0 saturated carbocycles. The van der Waals surface area contributed by atoms with Gasteiger partial charge in [0.05, 0.1) is 11.8 Å². The first-order valence-electron chi connectivity index (χ1n) is 3.04. The molecule has 13 heavy (non-hydrogen) atoms. The standard InChI is InChI=1S/C6H3F3N2O2/c7-6(8,9)4-1-3(5(12)13)2-10-11-4/h1-2H,(H,12,13). The number of hydrogen-bond acceptors (Lipinski definition) is 3. The molecule has 1 rings (SSSR count). The van der Waals surface area contributed by atoms with Crippen LogP contribution in [0.15, 0.2) is 12.3 Å². The van der Waals surface area contributed by atoms with Gasteiger partial charge in [-0.15, -0.1) is 5.10 Å². The summed E-state index contributed by atoms with van der Waals surface area (Å²) in [7, 11) is 0. The van der Waals surface area contributed by atoms with Gasteiger partial charge < -0.3 is 5.11 Å². The van der Waals surface area contributed by atoms with E-state index >= 15 is 0 Å². The molecule has 1 aromatic rings. The number of carboxylic acids is 1. The Balaban J connectivity index is 3.13. The number of aromatic nitrogens is 2. The molecule has 0 aliphatic heterocycles. The van der Waals surface area contributed by atoms with Gasteiger partial charge in [-0.1, -0.05) is 0 Å². The molecule has 7 heteroatoms. The Labute approximate surface area is 70.0 Å². The first kappa shape index (κ1) is 9.43. The van der Waals surface area contributed by atoms with E-state index in [2.05, 4.69) is 10.2 Å². The van der Waals surface area contributed by atoms with Crippen molar-refractivity contribution in [2.75, 3.05) is 0 Å². The Hall–Kier alpha value is -1.66. The normalized spacial score (nSPS) is 11.3. The predicted octanol–water partition coefficient (Wildman–Crippen LogP) is 1.19. The molecule has 0 bridgehead atoms. The zero-order valence-electron chi connectivity index (χ0n) is 6.04. The summed E-state index contributed by atoms with van der Waals surface area (Å²) in [5, 5.41) is 14.0. The van der Waals surface area contributed by atoms with Gasteiger partial charge in [-0.25, -0.2) is 4.79 Å². The zero-order valence-corrected chi connectivity index (χ0v) is 6.04. The van der Waals surface area contributed by atoms with Crippen LogP contribution in [0.1, 0.15) is 16.1 Å². The Morgan fingerprint density at radius 3 is 2.54 bits per heavy atom. The van der Waals surface area contributed by atoms with E-state index in [4.69, 9.17) is 5.11 Å². The summed E-state index contributed by atoms with van der Waals surface area (Å²) in [6.45, 7) is 0. The lowest BCUT2D eigenvalue weighted by Crippen LogP contribution is -2.11. The van der Waals surface area contributed by atoms with Crippen molar-refractivity contribution >= 4 is 5.97 Å². The molecular formula is C6H3F3N2O2. The van der Waals surface area contributed by atoms with Crippen molar-refractivity contribution in [1.29, 1.82) is 0 Å². The van der Waals surface area contributed by atoms with Crippen LogP contribution in [0.2, 0.25) is 0 Å². The van der Waals surface area contributed by atoms with Crippen molar-refractivity contribution in [3.63, 3.8) is 0 Å². The molecule has 0 atom stereocenters. The van der Waals surface area contributed by atoms with Gasteiger partial charge in [0.25, 0.3) is 0 Å². The number of rotatable bonds is 1. The second-order valence-electron chi connectivity index (χ2n) is 2.13. The highest BCUT2D eigenvalue weighted by molar-refractivity contribution is 5.87. The summed E-state index contributed by atoms with van der Waals surface area (Å²) in [5.74, 6) is -1.47. The van der Waals surface area contributed by atoms with Crippen LogP contribution in [-0.2, 0) is 6.18 Å². The lowest BCUT2D eigenvalue weighted by molar-refractivity contribution is -0.141. The lowest BCUT2D eigenvalue weighted by atomic mass is 10.2. The van der Waals surface area contributed by atoms with E-state index in [0.29, 0.717) is 6.07 Å². The van der Waals surface area contributed by atoms with Crippen LogP contribution in [0.25, 0.3) is 0 Å². The number of aromatic carboxylic acids is 1. The van der Waals surface area contributed by atoms with Gasteiger partial charge >= 0.3 is 12.1 Å². The molecule has 0 spiro atoms. The van der Waals surface area contributed by atoms with Crippen molar-refractivity contribution in [3.05, 3.63) is 23.5 Å². The van der Waals surface area contributed by atoms with Gasteiger partial charge in [-0.05, 0) is 6.07 Å². The van der Waals surface area contributed by atoms with E-state index in [1.807, 2.05) is 0 Å². The quantitative estimate of drug-likeness (QED) is 0.725. The lowest BCUT2D eigenvalue weighted by Gasteiger charge is -2.03. The van der Waals surface area contributed by atoms with E-state index in [-0.39, 0.29) is 0 Å². The molecule has 0 aliphatic carbocycles. The molecule has 4 nitrogen and oxygen atoms in total. The molecular weight excluding hydrogens is 189 g/mol. The number of carboxylic acid groups (broad SMARTS) is 1. The number of halogens is 3. The molecule has 70 valence electrons. The third kappa shape index (κ3) is 2.14. The minimum Gasteiger partial charge on any atom is -0.478 e. The minimum atomic E-state index is -4.67. The summed E-state index contributed by atoms with van der Waals surface area (Å²) >= 11 is 0. The third-order valence-electron chi connectivity index (χ3n) is 1.19. The summed E-state index contributed by atoms with van der Waals surface area (Å²) in [5.41, 5.74) is -1.85. The van der Waals surface area contributed by atoms with Crippen molar-refractivity contribution in [1.82, 2.24) is 10.2 Å². The fourth-order valence-electron chi connectivity index (χ4n) is 0.622. The number of carbonyl (C=O) groups is 1. The topological polar surface area (TPSA) is 63.1 Å². The maximum atomic E-state index is 11.9. The maximum absolute atomic E-state index is 11.9. The molecule has 1 heterocycles. The van der Waals surface area contributed by atoms with Gasteiger partial charge in [-0.3, -0.25) is 0 Å². The second-order valence-corrected chi connectivity index (χ2v) is 2.13. The molecule has 0 amide bonds. The highest BCUT2D eigenvalue weighted by atomic mass is 19.4. The first-order valence-corrected chi connectivity index (χ1v) is 3.04. The molecule has 1 aromatic heterocycles. The fraction of sp³-hybridized carbons (Fsp3) is 0.167. The largest absolute Gasteiger partial charge is 0.478 e. The van der Waals surface area contributed by atoms with Crippen molar-refractivity contribution in [2.45, 2.75) is 6.18 Å². The van der Waals surface area contributed by atoms with E-state index in [1.165, 1.54) is 0 Å². The summed E-state index contributed by atoms with van der Waals surface area (Å²) < 4.78 is 35.8. The molecule has 0 aromatic carbocycles. The molecule has 0 radical (unpaired) electrons. The fourth-order valence-corrected chi connectivity index (χ4v) is 0.622. The molecule has 0 fully saturated rings. The van der Waals surface area contributed by atoms with E-state index < -0.39 is 23.4 Å². The van der Waals surface area contributed by atoms with E-state index in [0.717, 1.165) is 6.20 Å². The van der Waals surface area contributed by atoms with Crippen LogP contribution in [0.3, 0.4) is 0 Å². The highest BCUT2D eigenvalue weighted by Gasteiger charge is 2.33. The monoisotopic (exact) mass is 192 g/mol. The van der Waals surface area contributed by atoms with Gasteiger partial charge in [-0.2, -0.15) is 18.3 Å². The second kappa shape index (κ2) is 3.00. The average molecular weight is 192 g/mol. The number of nitrogens with zero attached hydrogens (tertiary/aromatic N) is 2. The Kier molecular flexibility index (Phi) is 2.18. The SMILES string of the molecule is O=C(O)c1cnnc(C(F)(F)F)c1. The van der Waals surface area contributed by atoms with Crippen molar-refractivity contribution in [3.8, 4) is 0 Å². The summed E-state index contributed by atoms with van der Waals surface area (Å²) in [4.78, 5) is 10.2. The summed E-state index contributed by atoms with van der Waals surface area (Å²) in [6, 6.07) is 0.426. The van der Waals surface area contributed by atoms with E-state index in [9.17, 15) is 18.0 Å². The number of hydrogen-bond donors (Lipinski definition) is 1. The Morgan fingerprint density at radius 1 is 1.46 bits per heavy atom. The van der Waals surface area contributed by atoms with Crippen LogP contribution in [0.4, 0.5) is 13.2 Å². The van der Waals surface area contributed by atoms with Crippen molar-refractivity contribution < 1.29 is 23.1 Å². The molecule has 0 unspecified atom stereocenters. The molecule has 0 saturated heterocycles. The first-order chi connectivity index (χ1) is 5.91. The zero-order chi connectivity index (χ0) is 10.1. The van der Waals surface area contributed by atoms with Gasteiger partial charge in [0.1, 0.15) is 0 Å². The van der Waals surface area contributed by atoms with Gasteiger partial charge in [0, 0.05) is 0 Å². The van der Waals surface area contributed by atoms with Crippen LogP contribution in [0, 0.1) is 0 Å². The molecule has 0 aliphatic rings. The van der Waals surface area contributed by atoms with Crippen molar-refractivity contribution in [2.24, 2.45) is 0 Å². The van der Waals surface area contributed by atoms with Crippen LogP contribution in [0.5, 0.6) is 0 Å². The molecule has 1 N–H and O–H groups in total. The Bertz CT molecular complexity index is 337. The average Bonchev–Trinajstić information content (AvgIpc) is 2.03. The van der Waals surface area contributed by atoms with Gasteiger partial charge in [0.15, 0.2) is 5.69 Å². The minimum absolute atomic E-state index is 0.426. The Morgan fingerprint density at radius 2 is 2.08 bits per heavy atom. The smallest absolute Gasteiger partial charge is 0.435 e. The van der Waals surface area contributed by atoms with Crippen LogP contribution in [-0.4, -0.2) is 21.3 Å². The summed E-state index contributed by atoms with van der Waals surface area (Å²) in [6.07, 6.45) is -3.92. The highest BCUT2D eigenvalue weighted by Crippen LogP contribution is 2.27. The van der Waals surface area contributed by atoms with Gasteiger partial charge in [0.2, 0.25) is 0 Å². The van der Waals surface area contributed by atoms with Crippen LogP contribution < -0.4 is 0 Å². The number of alkyl halides is 3. The maximum Gasteiger partial charge on any atom is 0.435 e. The van der Waals surface area contributed by atoms with E-state index in [1.54, 1.807) is 0 Å².